The minimum Gasteiger partial charge on any atom is -0.205 e. The molecule has 0 fully saturated rings. The van der Waals surface area contributed by atoms with Gasteiger partial charge in [-0.3, -0.25) is 0 Å². The summed E-state index contributed by atoms with van der Waals surface area (Å²) in [7, 11) is 0. The standard InChI is InChI=1S/C25H46N/c1-3-4-5-6-7-8-9-10-11-12-13-14-15-16-17-18-19-22-26-23-20-25(2)21-24-26/h20-21,23-24H,3-19,22H2,1-2H3/q+1. The molecule has 0 bridgehead atoms. The van der Waals surface area contributed by atoms with Crippen molar-refractivity contribution < 1.29 is 4.57 Å². The number of aryl methyl sites for hydroxylation is 2. The summed E-state index contributed by atoms with van der Waals surface area (Å²) in [5, 5.41) is 0. The summed E-state index contributed by atoms with van der Waals surface area (Å²) in [6.07, 6.45) is 29.0. The van der Waals surface area contributed by atoms with Crippen LogP contribution in [-0.4, -0.2) is 0 Å². The SMILES string of the molecule is CCCCCCCCCCCCCCCCCCC[n+]1ccc(C)cc1. The van der Waals surface area contributed by atoms with E-state index in [1.165, 1.54) is 121 Å². The molecule has 1 aromatic heterocycles. The number of pyridine rings is 1. The number of nitrogens with zero attached hydrogens (tertiary/aromatic N) is 1. The molecule has 1 nitrogen and oxygen atoms in total. The fourth-order valence-corrected chi connectivity index (χ4v) is 3.70. The molecule has 1 rings (SSSR count). The van der Waals surface area contributed by atoms with Crippen LogP contribution in [0.5, 0.6) is 0 Å². The van der Waals surface area contributed by atoms with E-state index in [-0.39, 0.29) is 0 Å². The van der Waals surface area contributed by atoms with Crippen molar-refractivity contribution in [2.45, 2.75) is 130 Å². The molecule has 0 spiro atoms. The van der Waals surface area contributed by atoms with Gasteiger partial charge < -0.3 is 0 Å². The molecule has 0 N–H and O–H groups in total. The fourth-order valence-electron chi connectivity index (χ4n) is 3.70. The van der Waals surface area contributed by atoms with Gasteiger partial charge in [0.05, 0.1) is 0 Å². The summed E-state index contributed by atoms with van der Waals surface area (Å²) in [6, 6.07) is 4.40. The first-order valence-corrected chi connectivity index (χ1v) is 11.8. The van der Waals surface area contributed by atoms with E-state index >= 15 is 0 Å². The van der Waals surface area contributed by atoms with Gasteiger partial charge in [-0.15, -0.1) is 0 Å². The van der Waals surface area contributed by atoms with Gasteiger partial charge in [0.25, 0.3) is 0 Å². The molecule has 0 saturated heterocycles. The van der Waals surface area contributed by atoms with Crippen LogP contribution in [0.4, 0.5) is 0 Å². The van der Waals surface area contributed by atoms with Crippen LogP contribution >= 0.6 is 0 Å². The maximum absolute atomic E-state index is 2.32. The van der Waals surface area contributed by atoms with E-state index in [0.717, 1.165) is 0 Å². The molecule has 1 aromatic rings. The Labute approximate surface area is 164 Å². The van der Waals surface area contributed by atoms with Gasteiger partial charge in [0.15, 0.2) is 12.4 Å². The lowest BCUT2D eigenvalue weighted by Gasteiger charge is -2.03. The molecule has 0 amide bonds. The van der Waals surface area contributed by atoms with Crippen molar-refractivity contribution in [2.75, 3.05) is 0 Å². The highest BCUT2D eigenvalue weighted by Gasteiger charge is 1.99. The second-order valence-corrected chi connectivity index (χ2v) is 8.27. The normalized spacial score (nSPS) is 11.2. The largest absolute Gasteiger partial charge is 0.205 e. The number of rotatable bonds is 18. The summed E-state index contributed by atoms with van der Waals surface area (Å²) in [5.74, 6) is 0. The molecule has 0 unspecified atom stereocenters. The smallest absolute Gasteiger partial charge is 0.169 e. The van der Waals surface area contributed by atoms with Crippen molar-refractivity contribution in [2.24, 2.45) is 0 Å². The highest BCUT2D eigenvalue weighted by atomic mass is 14.9. The molecular formula is C25H46N+. The molecule has 0 aliphatic rings. The van der Waals surface area contributed by atoms with E-state index < -0.39 is 0 Å². The van der Waals surface area contributed by atoms with Crippen molar-refractivity contribution in [1.29, 1.82) is 0 Å². The van der Waals surface area contributed by atoms with Crippen molar-refractivity contribution in [3.8, 4) is 0 Å². The van der Waals surface area contributed by atoms with E-state index in [0.29, 0.717) is 0 Å². The minimum atomic E-state index is 1.18. The van der Waals surface area contributed by atoms with Gasteiger partial charge in [0.2, 0.25) is 0 Å². The lowest BCUT2D eigenvalue weighted by atomic mass is 10.0. The van der Waals surface area contributed by atoms with Gasteiger partial charge in [-0.25, -0.2) is 4.57 Å². The number of hydrogen-bond acceptors (Lipinski definition) is 0. The second kappa shape index (κ2) is 17.6. The quantitative estimate of drug-likeness (QED) is 0.185. The van der Waals surface area contributed by atoms with Crippen LogP contribution in [0.15, 0.2) is 24.5 Å². The Morgan fingerprint density at radius 2 is 0.885 bits per heavy atom. The Hall–Kier alpha value is -0.850. The van der Waals surface area contributed by atoms with Crippen molar-refractivity contribution >= 4 is 0 Å². The Kier molecular flexibility index (Phi) is 15.7. The van der Waals surface area contributed by atoms with E-state index in [1.54, 1.807) is 0 Å². The van der Waals surface area contributed by atoms with Gasteiger partial charge in [-0.2, -0.15) is 0 Å². The van der Waals surface area contributed by atoms with E-state index in [1.807, 2.05) is 0 Å². The van der Waals surface area contributed by atoms with Crippen LogP contribution in [-0.2, 0) is 6.54 Å². The third kappa shape index (κ3) is 14.3. The maximum atomic E-state index is 2.32. The summed E-state index contributed by atoms with van der Waals surface area (Å²) >= 11 is 0. The summed E-state index contributed by atoms with van der Waals surface area (Å²) in [5.41, 5.74) is 1.35. The van der Waals surface area contributed by atoms with Crippen LogP contribution in [0.25, 0.3) is 0 Å². The van der Waals surface area contributed by atoms with Crippen LogP contribution in [0.2, 0.25) is 0 Å². The van der Waals surface area contributed by atoms with Gasteiger partial charge >= 0.3 is 0 Å². The second-order valence-electron chi connectivity index (χ2n) is 8.27. The Bertz CT molecular complexity index is 395. The number of unbranched alkanes of at least 4 members (excludes halogenated alkanes) is 16. The highest BCUT2D eigenvalue weighted by molar-refractivity contribution is 5.03. The topological polar surface area (TPSA) is 3.88 Å². The predicted octanol–water partition coefficient (Wildman–Crippen LogP) is 7.93. The molecule has 1 heteroatoms. The molecule has 0 aliphatic heterocycles. The zero-order chi connectivity index (χ0) is 18.7. The Morgan fingerprint density at radius 1 is 0.538 bits per heavy atom. The Balaban J connectivity index is 1.72. The molecule has 1 heterocycles. The predicted molar refractivity (Wildman–Crippen MR) is 116 cm³/mol. The highest BCUT2D eigenvalue weighted by Crippen LogP contribution is 2.14. The fraction of sp³-hybridized carbons (Fsp3) is 0.800. The van der Waals surface area contributed by atoms with E-state index in [9.17, 15) is 0 Å². The van der Waals surface area contributed by atoms with Crippen molar-refractivity contribution in [3.63, 3.8) is 0 Å². The van der Waals surface area contributed by atoms with Gasteiger partial charge in [-0.1, -0.05) is 103 Å². The molecule has 150 valence electrons. The number of hydrogen-bond donors (Lipinski definition) is 0. The maximum Gasteiger partial charge on any atom is 0.169 e. The summed E-state index contributed by atoms with van der Waals surface area (Å²) in [6.45, 7) is 5.63. The minimum absolute atomic E-state index is 1.18. The average Bonchev–Trinajstić information content (AvgIpc) is 2.66. The van der Waals surface area contributed by atoms with Crippen LogP contribution < -0.4 is 4.57 Å². The van der Waals surface area contributed by atoms with E-state index in [4.69, 9.17) is 0 Å². The molecule has 26 heavy (non-hydrogen) atoms. The summed E-state index contributed by atoms with van der Waals surface area (Å²) in [4.78, 5) is 0. The van der Waals surface area contributed by atoms with Crippen LogP contribution in [0, 0.1) is 6.92 Å². The van der Waals surface area contributed by atoms with Crippen molar-refractivity contribution in [3.05, 3.63) is 30.1 Å². The number of aromatic nitrogens is 1. The molecule has 0 radical (unpaired) electrons. The first kappa shape index (κ1) is 23.2. The average molecular weight is 361 g/mol. The van der Waals surface area contributed by atoms with Crippen LogP contribution in [0.1, 0.15) is 122 Å². The van der Waals surface area contributed by atoms with E-state index in [2.05, 4.69) is 42.9 Å². The Morgan fingerprint density at radius 3 is 1.27 bits per heavy atom. The molecule has 0 atom stereocenters. The van der Waals surface area contributed by atoms with Gasteiger partial charge in [-0.05, 0) is 18.9 Å². The lowest BCUT2D eigenvalue weighted by molar-refractivity contribution is -0.697. The molecule has 0 saturated carbocycles. The van der Waals surface area contributed by atoms with Gasteiger partial charge in [0.1, 0.15) is 6.54 Å². The van der Waals surface area contributed by atoms with Crippen molar-refractivity contribution in [1.82, 2.24) is 0 Å². The van der Waals surface area contributed by atoms with Gasteiger partial charge in [0, 0.05) is 18.6 Å². The third-order valence-corrected chi connectivity index (χ3v) is 5.58. The zero-order valence-electron chi connectivity index (χ0n) is 18.0. The molecular weight excluding hydrogens is 314 g/mol. The zero-order valence-corrected chi connectivity index (χ0v) is 18.0. The third-order valence-electron chi connectivity index (χ3n) is 5.58. The summed E-state index contributed by atoms with van der Waals surface area (Å²) < 4.78 is 2.32. The van der Waals surface area contributed by atoms with Crippen LogP contribution in [0.3, 0.4) is 0 Å². The first-order valence-electron chi connectivity index (χ1n) is 11.8. The molecule has 0 aromatic carbocycles. The first-order chi connectivity index (χ1) is 12.8. The molecule has 0 aliphatic carbocycles. The lowest BCUT2D eigenvalue weighted by Crippen LogP contribution is -2.32. The monoisotopic (exact) mass is 360 g/mol.